The average molecular weight is 283 g/mol. The standard InChI is InChI=1S/C15H22FNO3/c1-10(2)13(6-7-18)17-15(19)9-11-4-5-14(20-3)12(16)8-11/h4-5,8,10,13,18H,6-7,9H2,1-3H3,(H,17,19). The van der Waals surface area contributed by atoms with Gasteiger partial charge < -0.3 is 15.2 Å². The van der Waals surface area contributed by atoms with Crippen LogP contribution in [-0.2, 0) is 11.2 Å². The summed E-state index contributed by atoms with van der Waals surface area (Å²) in [5.74, 6) is -0.261. The summed E-state index contributed by atoms with van der Waals surface area (Å²) < 4.78 is 18.4. The first-order valence-corrected chi connectivity index (χ1v) is 6.70. The van der Waals surface area contributed by atoms with E-state index in [-0.39, 0.29) is 36.6 Å². The third-order valence-corrected chi connectivity index (χ3v) is 3.17. The topological polar surface area (TPSA) is 58.6 Å². The van der Waals surface area contributed by atoms with Crippen molar-refractivity contribution in [2.24, 2.45) is 5.92 Å². The molecule has 0 bridgehead atoms. The lowest BCUT2D eigenvalue weighted by molar-refractivity contribution is -0.121. The molecule has 112 valence electrons. The molecule has 0 aliphatic heterocycles. The van der Waals surface area contributed by atoms with Gasteiger partial charge in [-0.25, -0.2) is 4.39 Å². The van der Waals surface area contributed by atoms with Gasteiger partial charge in [-0.1, -0.05) is 19.9 Å². The van der Waals surface area contributed by atoms with Gasteiger partial charge in [0, 0.05) is 12.6 Å². The first kappa shape index (κ1) is 16.4. The monoisotopic (exact) mass is 283 g/mol. The van der Waals surface area contributed by atoms with E-state index in [1.54, 1.807) is 6.07 Å². The van der Waals surface area contributed by atoms with Gasteiger partial charge in [0.1, 0.15) is 0 Å². The van der Waals surface area contributed by atoms with Crippen LogP contribution in [-0.4, -0.2) is 30.8 Å². The van der Waals surface area contributed by atoms with E-state index in [4.69, 9.17) is 9.84 Å². The number of hydrogen-bond donors (Lipinski definition) is 2. The Bertz CT molecular complexity index is 449. The van der Waals surface area contributed by atoms with Crippen molar-refractivity contribution in [3.63, 3.8) is 0 Å². The molecule has 0 radical (unpaired) electrons. The molecule has 0 heterocycles. The molecular weight excluding hydrogens is 261 g/mol. The molecule has 1 aromatic rings. The summed E-state index contributed by atoms with van der Waals surface area (Å²) >= 11 is 0. The fourth-order valence-corrected chi connectivity index (χ4v) is 1.97. The number of nitrogens with one attached hydrogen (secondary N) is 1. The fraction of sp³-hybridized carbons (Fsp3) is 0.533. The number of carbonyl (C=O) groups excluding carboxylic acids is 1. The Kier molecular flexibility index (Phi) is 6.45. The molecule has 0 saturated heterocycles. The third kappa shape index (κ3) is 4.81. The van der Waals surface area contributed by atoms with Gasteiger partial charge in [0.2, 0.25) is 5.91 Å². The Morgan fingerprint density at radius 3 is 2.65 bits per heavy atom. The maximum absolute atomic E-state index is 13.5. The Labute approximate surface area is 119 Å². The third-order valence-electron chi connectivity index (χ3n) is 3.17. The van der Waals surface area contributed by atoms with Crippen LogP contribution in [0.15, 0.2) is 18.2 Å². The number of halogens is 1. The van der Waals surface area contributed by atoms with Crippen LogP contribution in [0.1, 0.15) is 25.8 Å². The average Bonchev–Trinajstić information content (AvgIpc) is 2.38. The lowest BCUT2D eigenvalue weighted by Gasteiger charge is -2.21. The second kappa shape index (κ2) is 7.85. The summed E-state index contributed by atoms with van der Waals surface area (Å²) in [6, 6.07) is 4.40. The van der Waals surface area contributed by atoms with Crippen molar-refractivity contribution in [3.8, 4) is 5.75 Å². The smallest absolute Gasteiger partial charge is 0.224 e. The normalized spacial score (nSPS) is 12.3. The molecular formula is C15H22FNO3. The number of rotatable bonds is 7. The Morgan fingerprint density at radius 2 is 2.15 bits per heavy atom. The van der Waals surface area contributed by atoms with Gasteiger partial charge in [0.15, 0.2) is 11.6 Å². The molecule has 0 aliphatic rings. The van der Waals surface area contributed by atoms with Gasteiger partial charge in [-0.15, -0.1) is 0 Å². The van der Waals surface area contributed by atoms with Crippen molar-refractivity contribution in [1.82, 2.24) is 5.32 Å². The van der Waals surface area contributed by atoms with Crippen molar-refractivity contribution >= 4 is 5.91 Å². The molecule has 5 heteroatoms. The number of hydrogen-bond acceptors (Lipinski definition) is 3. The molecule has 0 aliphatic carbocycles. The number of amides is 1. The van der Waals surface area contributed by atoms with Crippen LogP contribution >= 0.6 is 0 Å². The lowest BCUT2D eigenvalue weighted by atomic mass is 10.0. The number of methoxy groups -OCH3 is 1. The largest absolute Gasteiger partial charge is 0.494 e. The van der Waals surface area contributed by atoms with Crippen LogP contribution in [0, 0.1) is 11.7 Å². The molecule has 0 fully saturated rings. The highest BCUT2D eigenvalue weighted by Gasteiger charge is 2.16. The van der Waals surface area contributed by atoms with E-state index < -0.39 is 5.82 Å². The molecule has 0 saturated carbocycles. The van der Waals surface area contributed by atoms with Gasteiger partial charge in [0.25, 0.3) is 0 Å². The Hall–Kier alpha value is -1.62. The van der Waals surface area contributed by atoms with Crippen LogP contribution in [0.25, 0.3) is 0 Å². The molecule has 1 amide bonds. The second-order valence-corrected chi connectivity index (χ2v) is 5.08. The minimum absolute atomic E-state index is 0.0281. The van der Waals surface area contributed by atoms with Crippen LogP contribution in [0.4, 0.5) is 4.39 Å². The zero-order valence-corrected chi connectivity index (χ0v) is 12.1. The van der Waals surface area contributed by atoms with Gasteiger partial charge in [0.05, 0.1) is 13.5 Å². The number of aliphatic hydroxyl groups excluding tert-OH is 1. The van der Waals surface area contributed by atoms with E-state index in [9.17, 15) is 9.18 Å². The van der Waals surface area contributed by atoms with Gasteiger partial charge in [-0.05, 0) is 30.0 Å². The molecule has 1 unspecified atom stereocenters. The highest BCUT2D eigenvalue weighted by atomic mass is 19.1. The quantitative estimate of drug-likeness (QED) is 0.803. The molecule has 1 rings (SSSR count). The summed E-state index contributed by atoms with van der Waals surface area (Å²) in [6.07, 6.45) is 0.621. The maximum Gasteiger partial charge on any atom is 0.224 e. The SMILES string of the molecule is COc1ccc(CC(=O)NC(CCO)C(C)C)cc1F. The zero-order chi connectivity index (χ0) is 15.1. The number of benzene rings is 1. The van der Waals surface area contributed by atoms with Gasteiger partial charge >= 0.3 is 0 Å². The van der Waals surface area contributed by atoms with Crippen molar-refractivity contribution < 1.29 is 19.0 Å². The van der Waals surface area contributed by atoms with Crippen molar-refractivity contribution in [2.75, 3.05) is 13.7 Å². The van der Waals surface area contributed by atoms with Crippen LogP contribution in [0.3, 0.4) is 0 Å². The minimum Gasteiger partial charge on any atom is -0.494 e. The molecule has 4 nitrogen and oxygen atoms in total. The van der Waals surface area contributed by atoms with Crippen molar-refractivity contribution in [2.45, 2.75) is 32.7 Å². The molecule has 20 heavy (non-hydrogen) atoms. The Morgan fingerprint density at radius 1 is 1.45 bits per heavy atom. The van der Waals surface area contributed by atoms with E-state index in [0.717, 1.165) is 0 Å². The summed E-state index contributed by atoms with van der Waals surface area (Å²) in [5.41, 5.74) is 0.590. The predicted octanol–water partition coefficient (Wildman–Crippen LogP) is 1.90. The van der Waals surface area contributed by atoms with E-state index in [2.05, 4.69) is 5.32 Å². The van der Waals surface area contributed by atoms with E-state index >= 15 is 0 Å². The lowest BCUT2D eigenvalue weighted by Crippen LogP contribution is -2.40. The first-order chi connectivity index (χ1) is 9.47. The van der Waals surface area contributed by atoms with Gasteiger partial charge in [-0.3, -0.25) is 4.79 Å². The van der Waals surface area contributed by atoms with Gasteiger partial charge in [-0.2, -0.15) is 0 Å². The van der Waals surface area contributed by atoms with Crippen LogP contribution < -0.4 is 10.1 Å². The highest BCUT2D eigenvalue weighted by molar-refractivity contribution is 5.78. The molecule has 2 N–H and O–H groups in total. The highest BCUT2D eigenvalue weighted by Crippen LogP contribution is 2.18. The number of carbonyl (C=O) groups is 1. The number of ether oxygens (including phenoxy) is 1. The first-order valence-electron chi connectivity index (χ1n) is 6.70. The summed E-state index contributed by atoms with van der Waals surface area (Å²) in [7, 11) is 1.40. The summed E-state index contributed by atoms with van der Waals surface area (Å²) in [4.78, 5) is 11.9. The van der Waals surface area contributed by atoms with Crippen molar-refractivity contribution in [3.05, 3.63) is 29.6 Å². The fourth-order valence-electron chi connectivity index (χ4n) is 1.97. The van der Waals surface area contributed by atoms with E-state index in [1.165, 1.54) is 19.2 Å². The van der Waals surface area contributed by atoms with Crippen LogP contribution in [0.2, 0.25) is 0 Å². The second-order valence-electron chi connectivity index (χ2n) is 5.08. The molecule has 1 aromatic carbocycles. The predicted molar refractivity (Wildman–Crippen MR) is 75.1 cm³/mol. The summed E-state index contributed by atoms with van der Waals surface area (Å²) in [5, 5.41) is 11.8. The summed E-state index contributed by atoms with van der Waals surface area (Å²) in [6.45, 7) is 3.99. The maximum atomic E-state index is 13.5. The number of aliphatic hydroxyl groups is 1. The zero-order valence-electron chi connectivity index (χ0n) is 12.1. The molecule has 0 aromatic heterocycles. The molecule has 1 atom stereocenters. The van der Waals surface area contributed by atoms with Crippen molar-refractivity contribution in [1.29, 1.82) is 0 Å². The van der Waals surface area contributed by atoms with Crippen LogP contribution in [0.5, 0.6) is 5.75 Å². The van der Waals surface area contributed by atoms with E-state index in [0.29, 0.717) is 12.0 Å². The molecule has 0 spiro atoms. The Balaban J connectivity index is 2.63. The minimum atomic E-state index is -0.478. The van der Waals surface area contributed by atoms with E-state index in [1.807, 2.05) is 13.8 Å².